The van der Waals surface area contributed by atoms with Crippen LogP contribution in [0.3, 0.4) is 0 Å². The van der Waals surface area contributed by atoms with Gasteiger partial charge in [0.15, 0.2) is 5.69 Å². The summed E-state index contributed by atoms with van der Waals surface area (Å²) in [4.78, 5) is 36.4. The van der Waals surface area contributed by atoms with Gasteiger partial charge in [-0.25, -0.2) is 9.48 Å². The van der Waals surface area contributed by atoms with Crippen LogP contribution >= 0.6 is 0 Å². The van der Waals surface area contributed by atoms with Crippen LogP contribution in [0.5, 0.6) is 0 Å². The van der Waals surface area contributed by atoms with Gasteiger partial charge in [-0.05, 0) is 23.8 Å². The van der Waals surface area contributed by atoms with E-state index in [1.54, 1.807) is 54.5 Å². The van der Waals surface area contributed by atoms with Crippen molar-refractivity contribution in [1.82, 2.24) is 29.3 Å². The fourth-order valence-electron chi connectivity index (χ4n) is 3.38. The molecule has 1 amide bonds. The monoisotopic (exact) mass is 462 g/mol. The number of anilines is 1. The molecule has 0 atom stereocenters. The molecule has 0 aliphatic heterocycles. The number of aromatic nitrogens is 6. The molecular formula is C22H22N8O4. The van der Waals surface area contributed by atoms with Gasteiger partial charge in [0.05, 0.1) is 30.7 Å². The number of carbonyl (C=O) groups excluding carboxylic acids is 1. The number of amides is 1. The number of nitrogens with two attached hydrogens (primary N) is 1. The van der Waals surface area contributed by atoms with E-state index in [1.807, 2.05) is 0 Å². The molecule has 0 unspecified atom stereocenters. The molecule has 4 rings (SSSR count). The van der Waals surface area contributed by atoms with Crippen molar-refractivity contribution in [2.75, 3.05) is 11.9 Å². The van der Waals surface area contributed by atoms with Crippen LogP contribution in [0.1, 0.15) is 26.4 Å². The number of hydrogen-bond acceptors (Lipinski definition) is 7. The minimum Gasteiger partial charge on any atom is -0.476 e. The number of aromatic carboxylic acids is 1. The van der Waals surface area contributed by atoms with Crippen molar-refractivity contribution >= 4 is 17.6 Å². The molecule has 3 heterocycles. The predicted molar refractivity (Wildman–Crippen MR) is 122 cm³/mol. The zero-order valence-corrected chi connectivity index (χ0v) is 18.3. The van der Waals surface area contributed by atoms with Crippen LogP contribution in [0.4, 0.5) is 5.69 Å². The number of nitrogens with one attached hydrogen (secondary N) is 1. The minimum absolute atomic E-state index is 0.0890. The molecule has 0 fully saturated rings. The van der Waals surface area contributed by atoms with Gasteiger partial charge in [0.2, 0.25) is 0 Å². The standard InChI is InChI=1S/C22H22N8O4/c1-28-13-18(20(27-28)22(33)34)25-21(32)15-4-2-3-14(9-15)11-30-19(31)6-5-17(26-30)16-10-24-29(12-16)8-7-23/h2-6,9-10,12-13H,7-8,11,23H2,1H3,(H,25,32)(H,33,34). The second-order valence-electron chi connectivity index (χ2n) is 7.52. The van der Waals surface area contributed by atoms with E-state index in [-0.39, 0.29) is 23.5 Å². The first-order chi connectivity index (χ1) is 16.3. The first-order valence-corrected chi connectivity index (χ1v) is 10.3. The summed E-state index contributed by atoms with van der Waals surface area (Å²) in [5, 5.41) is 24.3. The van der Waals surface area contributed by atoms with Crippen LogP contribution in [0, 0.1) is 0 Å². The number of carbonyl (C=O) groups is 2. The summed E-state index contributed by atoms with van der Waals surface area (Å²) in [5.74, 6) is -1.75. The van der Waals surface area contributed by atoms with Gasteiger partial charge in [0.25, 0.3) is 11.5 Å². The second-order valence-corrected chi connectivity index (χ2v) is 7.52. The lowest BCUT2D eigenvalue weighted by Gasteiger charge is -2.09. The maximum atomic E-state index is 12.7. The van der Waals surface area contributed by atoms with E-state index in [4.69, 9.17) is 5.73 Å². The molecule has 12 heteroatoms. The molecule has 34 heavy (non-hydrogen) atoms. The van der Waals surface area contributed by atoms with Gasteiger partial charge in [-0.2, -0.15) is 15.3 Å². The smallest absolute Gasteiger partial charge is 0.358 e. The third-order valence-electron chi connectivity index (χ3n) is 4.95. The molecule has 3 aromatic heterocycles. The third kappa shape index (κ3) is 4.91. The molecule has 0 aliphatic rings. The Bertz CT molecular complexity index is 1420. The lowest BCUT2D eigenvalue weighted by molar-refractivity contribution is 0.0690. The first kappa shape index (κ1) is 22.6. The Hall–Kier alpha value is -4.58. The number of hydrogen-bond donors (Lipinski definition) is 3. The average molecular weight is 462 g/mol. The molecule has 0 bridgehead atoms. The van der Waals surface area contributed by atoms with Crippen molar-refractivity contribution in [2.45, 2.75) is 13.1 Å². The molecule has 1 aromatic carbocycles. The Morgan fingerprint density at radius 3 is 2.74 bits per heavy atom. The molecule has 0 saturated carbocycles. The first-order valence-electron chi connectivity index (χ1n) is 10.3. The van der Waals surface area contributed by atoms with Gasteiger partial charge in [-0.1, -0.05) is 12.1 Å². The zero-order valence-electron chi connectivity index (χ0n) is 18.3. The van der Waals surface area contributed by atoms with Crippen LogP contribution in [0.2, 0.25) is 0 Å². The van der Waals surface area contributed by atoms with E-state index >= 15 is 0 Å². The van der Waals surface area contributed by atoms with Crippen LogP contribution in [-0.2, 0) is 20.1 Å². The Labute approximate surface area is 193 Å². The molecule has 174 valence electrons. The van der Waals surface area contributed by atoms with E-state index in [0.29, 0.717) is 29.9 Å². The summed E-state index contributed by atoms with van der Waals surface area (Å²) in [6.45, 7) is 1.16. The Kier molecular flexibility index (Phi) is 6.32. The average Bonchev–Trinajstić information content (AvgIpc) is 3.42. The molecular weight excluding hydrogens is 440 g/mol. The molecule has 12 nitrogen and oxygen atoms in total. The number of carboxylic acids is 1. The topological polar surface area (TPSA) is 163 Å². The molecule has 0 aliphatic carbocycles. The predicted octanol–water partition coefficient (Wildman–Crippen LogP) is 0.798. The van der Waals surface area contributed by atoms with Crippen molar-refractivity contribution in [3.8, 4) is 11.3 Å². The summed E-state index contributed by atoms with van der Waals surface area (Å²) in [5.41, 5.74) is 7.39. The summed E-state index contributed by atoms with van der Waals surface area (Å²) >= 11 is 0. The largest absolute Gasteiger partial charge is 0.476 e. The van der Waals surface area contributed by atoms with Crippen molar-refractivity contribution in [1.29, 1.82) is 0 Å². The lowest BCUT2D eigenvalue weighted by Crippen LogP contribution is -2.23. The maximum absolute atomic E-state index is 12.7. The summed E-state index contributed by atoms with van der Waals surface area (Å²) in [6.07, 6.45) is 4.87. The minimum atomic E-state index is -1.25. The fraction of sp³-hybridized carbons (Fsp3) is 0.182. The Balaban J connectivity index is 1.55. The van der Waals surface area contributed by atoms with Crippen LogP contribution in [0.15, 0.2) is 59.8 Å². The van der Waals surface area contributed by atoms with Crippen molar-refractivity contribution in [3.63, 3.8) is 0 Å². The zero-order chi connectivity index (χ0) is 24.2. The van der Waals surface area contributed by atoms with Crippen LogP contribution in [-0.4, -0.2) is 52.9 Å². The highest BCUT2D eigenvalue weighted by atomic mass is 16.4. The highest BCUT2D eigenvalue weighted by Crippen LogP contribution is 2.17. The van der Waals surface area contributed by atoms with E-state index < -0.39 is 11.9 Å². The summed E-state index contributed by atoms with van der Waals surface area (Å²) < 4.78 is 4.31. The van der Waals surface area contributed by atoms with Gasteiger partial charge in [0, 0.05) is 43.2 Å². The maximum Gasteiger partial charge on any atom is 0.358 e. The van der Waals surface area contributed by atoms with Gasteiger partial charge in [0.1, 0.15) is 0 Å². The molecule has 0 saturated heterocycles. The van der Waals surface area contributed by atoms with E-state index in [9.17, 15) is 19.5 Å². The highest BCUT2D eigenvalue weighted by Gasteiger charge is 2.18. The van der Waals surface area contributed by atoms with Gasteiger partial charge < -0.3 is 16.2 Å². The molecule has 0 radical (unpaired) electrons. The normalized spacial score (nSPS) is 10.9. The van der Waals surface area contributed by atoms with Crippen molar-refractivity contribution in [3.05, 3.63) is 82.2 Å². The van der Waals surface area contributed by atoms with Gasteiger partial charge in [-0.15, -0.1) is 0 Å². The molecule has 0 spiro atoms. The van der Waals surface area contributed by atoms with Gasteiger partial charge in [-0.3, -0.25) is 19.0 Å². The number of carboxylic acid groups (broad SMARTS) is 1. The van der Waals surface area contributed by atoms with Crippen molar-refractivity contribution in [2.24, 2.45) is 12.8 Å². The number of nitrogens with zero attached hydrogens (tertiary/aromatic N) is 6. The lowest BCUT2D eigenvalue weighted by atomic mass is 10.1. The Morgan fingerprint density at radius 2 is 1.97 bits per heavy atom. The second kappa shape index (κ2) is 9.50. The SMILES string of the molecule is Cn1cc(NC(=O)c2cccc(Cn3nc(-c4cnn(CCN)c4)ccc3=O)c2)c(C(=O)O)n1. The van der Waals surface area contributed by atoms with E-state index in [1.165, 1.54) is 21.6 Å². The number of aryl methyl sites for hydroxylation is 1. The summed E-state index contributed by atoms with van der Waals surface area (Å²) in [6, 6.07) is 9.71. The van der Waals surface area contributed by atoms with Crippen LogP contribution in [0.25, 0.3) is 11.3 Å². The highest BCUT2D eigenvalue weighted by molar-refractivity contribution is 6.07. The third-order valence-corrected chi connectivity index (χ3v) is 4.95. The molecule has 4 N–H and O–H groups in total. The van der Waals surface area contributed by atoms with Crippen LogP contribution < -0.4 is 16.6 Å². The quantitative estimate of drug-likeness (QED) is 0.346. The number of benzene rings is 1. The van der Waals surface area contributed by atoms with E-state index in [2.05, 4.69) is 20.6 Å². The van der Waals surface area contributed by atoms with Crippen molar-refractivity contribution < 1.29 is 14.7 Å². The fourth-order valence-corrected chi connectivity index (χ4v) is 3.38. The number of rotatable bonds is 8. The van der Waals surface area contributed by atoms with E-state index in [0.717, 1.165) is 5.56 Å². The molecule has 4 aromatic rings. The van der Waals surface area contributed by atoms with Gasteiger partial charge >= 0.3 is 5.97 Å². The Morgan fingerprint density at radius 1 is 1.15 bits per heavy atom. The summed E-state index contributed by atoms with van der Waals surface area (Å²) in [7, 11) is 1.56.